The van der Waals surface area contributed by atoms with Crippen LogP contribution in [0.25, 0.3) is 5.69 Å². The molecule has 0 spiro atoms. The Kier molecular flexibility index (Phi) is 6.33. The summed E-state index contributed by atoms with van der Waals surface area (Å²) >= 11 is 0. The number of aliphatic hydroxyl groups excluding tert-OH is 1. The molecule has 1 atom stereocenters. The Bertz CT molecular complexity index is 596. The van der Waals surface area contributed by atoms with Crippen molar-refractivity contribution in [3.05, 3.63) is 47.8 Å². The zero-order valence-corrected chi connectivity index (χ0v) is 14.4. The summed E-state index contributed by atoms with van der Waals surface area (Å²) in [6, 6.07) is 10.1. The van der Waals surface area contributed by atoms with Gasteiger partial charge >= 0.3 is 0 Å². The molecular formula is C18H27N3O2. The van der Waals surface area contributed by atoms with Gasteiger partial charge < -0.3 is 9.84 Å². The van der Waals surface area contributed by atoms with Gasteiger partial charge in [-0.2, -0.15) is 5.10 Å². The molecule has 0 bridgehead atoms. The minimum absolute atomic E-state index is 0.352. The molecule has 126 valence electrons. The summed E-state index contributed by atoms with van der Waals surface area (Å²) in [5.74, 6) is 0.354. The molecule has 0 aliphatic carbocycles. The van der Waals surface area contributed by atoms with Gasteiger partial charge in [-0.05, 0) is 25.1 Å². The van der Waals surface area contributed by atoms with Gasteiger partial charge in [0.25, 0.3) is 0 Å². The van der Waals surface area contributed by atoms with Gasteiger partial charge in [0.2, 0.25) is 0 Å². The Morgan fingerprint density at radius 2 is 1.96 bits per heavy atom. The van der Waals surface area contributed by atoms with Gasteiger partial charge in [0.15, 0.2) is 0 Å². The third-order valence-corrected chi connectivity index (χ3v) is 3.71. The van der Waals surface area contributed by atoms with E-state index in [-0.39, 0.29) is 0 Å². The van der Waals surface area contributed by atoms with E-state index >= 15 is 0 Å². The summed E-state index contributed by atoms with van der Waals surface area (Å²) in [7, 11) is 3.60. The van der Waals surface area contributed by atoms with E-state index < -0.39 is 6.10 Å². The average molecular weight is 317 g/mol. The SMILES string of the molecule is COCC(O)CN(C)Cc1cn(-c2ccccc2)nc1C(C)C. The zero-order chi connectivity index (χ0) is 16.8. The predicted molar refractivity (Wildman–Crippen MR) is 91.9 cm³/mol. The normalized spacial score (nSPS) is 13.0. The summed E-state index contributed by atoms with van der Waals surface area (Å²) in [4.78, 5) is 2.10. The van der Waals surface area contributed by atoms with Crippen LogP contribution in [0.15, 0.2) is 36.5 Å². The number of rotatable bonds is 8. The van der Waals surface area contributed by atoms with Crippen molar-refractivity contribution in [2.75, 3.05) is 27.3 Å². The van der Waals surface area contributed by atoms with Crippen molar-refractivity contribution in [2.45, 2.75) is 32.4 Å². The zero-order valence-electron chi connectivity index (χ0n) is 14.4. The number of nitrogens with zero attached hydrogens (tertiary/aromatic N) is 3. The fourth-order valence-corrected chi connectivity index (χ4v) is 2.70. The highest BCUT2D eigenvalue weighted by atomic mass is 16.5. The molecule has 0 radical (unpaired) electrons. The highest BCUT2D eigenvalue weighted by Crippen LogP contribution is 2.21. The highest BCUT2D eigenvalue weighted by molar-refractivity contribution is 5.33. The van der Waals surface area contributed by atoms with Crippen LogP contribution in [0.5, 0.6) is 0 Å². The molecule has 2 rings (SSSR count). The Morgan fingerprint density at radius 1 is 1.26 bits per heavy atom. The lowest BCUT2D eigenvalue weighted by molar-refractivity contribution is 0.0418. The maximum absolute atomic E-state index is 9.87. The summed E-state index contributed by atoms with van der Waals surface area (Å²) in [6.07, 6.45) is 1.61. The van der Waals surface area contributed by atoms with Crippen LogP contribution in [-0.4, -0.2) is 53.2 Å². The van der Waals surface area contributed by atoms with E-state index in [2.05, 4.69) is 24.9 Å². The number of ether oxygens (including phenoxy) is 1. The monoisotopic (exact) mass is 317 g/mol. The number of hydrogen-bond acceptors (Lipinski definition) is 4. The molecule has 0 aliphatic heterocycles. The lowest BCUT2D eigenvalue weighted by Gasteiger charge is -2.20. The van der Waals surface area contributed by atoms with Crippen LogP contribution in [0.3, 0.4) is 0 Å². The third-order valence-electron chi connectivity index (χ3n) is 3.71. The van der Waals surface area contributed by atoms with E-state index in [1.165, 1.54) is 5.56 Å². The van der Waals surface area contributed by atoms with Gasteiger partial charge in [0.05, 0.1) is 24.1 Å². The first-order valence-electron chi connectivity index (χ1n) is 8.00. The lowest BCUT2D eigenvalue weighted by Crippen LogP contribution is -2.31. The summed E-state index contributed by atoms with van der Waals surface area (Å²) in [5.41, 5.74) is 3.35. The van der Waals surface area contributed by atoms with Crippen LogP contribution < -0.4 is 0 Å². The fraction of sp³-hybridized carbons (Fsp3) is 0.500. The van der Waals surface area contributed by atoms with E-state index in [1.54, 1.807) is 7.11 Å². The van der Waals surface area contributed by atoms with Crippen molar-refractivity contribution in [2.24, 2.45) is 0 Å². The topological polar surface area (TPSA) is 50.5 Å². The number of methoxy groups -OCH3 is 1. The molecule has 0 saturated carbocycles. The van der Waals surface area contributed by atoms with Crippen LogP contribution in [-0.2, 0) is 11.3 Å². The number of benzene rings is 1. The van der Waals surface area contributed by atoms with Crippen molar-refractivity contribution in [3.8, 4) is 5.69 Å². The second-order valence-electron chi connectivity index (χ2n) is 6.28. The summed E-state index contributed by atoms with van der Waals surface area (Å²) in [6.45, 7) is 5.98. The van der Waals surface area contributed by atoms with Crippen LogP contribution >= 0.6 is 0 Å². The van der Waals surface area contributed by atoms with Gasteiger partial charge in [-0.3, -0.25) is 4.90 Å². The molecule has 1 aromatic heterocycles. The van der Waals surface area contributed by atoms with Crippen molar-refractivity contribution in [3.63, 3.8) is 0 Å². The Labute approximate surface area is 138 Å². The van der Waals surface area contributed by atoms with E-state index in [0.29, 0.717) is 19.1 Å². The molecule has 0 aliphatic rings. The third kappa shape index (κ3) is 4.89. The standard InChI is InChI=1S/C18H27N3O2/c1-14(2)18-15(10-20(3)12-17(22)13-23-4)11-21(19-18)16-8-6-5-7-9-16/h5-9,11,14,17,22H,10,12-13H2,1-4H3. The van der Waals surface area contributed by atoms with E-state index in [4.69, 9.17) is 9.84 Å². The highest BCUT2D eigenvalue weighted by Gasteiger charge is 2.16. The predicted octanol–water partition coefficient (Wildman–Crippen LogP) is 2.43. The molecule has 2 aromatic rings. The minimum atomic E-state index is -0.475. The first-order valence-corrected chi connectivity index (χ1v) is 8.00. The van der Waals surface area contributed by atoms with E-state index in [9.17, 15) is 5.11 Å². The van der Waals surface area contributed by atoms with E-state index in [0.717, 1.165) is 17.9 Å². The summed E-state index contributed by atoms with van der Waals surface area (Å²) < 4.78 is 6.92. The molecule has 23 heavy (non-hydrogen) atoms. The minimum Gasteiger partial charge on any atom is -0.389 e. The largest absolute Gasteiger partial charge is 0.389 e. The van der Waals surface area contributed by atoms with Gasteiger partial charge in [0.1, 0.15) is 0 Å². The van der Waals surface area contributed by atoms with Gasteiger partial charge in [-0.1, -0.05) is 32.0 Å². The van der Waals surface area contributed by atoms with E-state index in [1.807, 2.05) is 42.1 Å². The van der Waals surface area contributed by atoms with Gasteiger partial charge in [-0.25, -0.2) is 4.68 Å². The quantitative estimate of drug-likeness (QED) is 0.812. The van der Waals surface area contributed by atoms with Crippen LogP contribution in [0.2, 0.25) is 0 Å². The summed E-state index contributed by atoms with van der Waals surface area (Å²) in [5, 5.41) is 14.6. The van der Waals surface area contributed by atoms with Gasteiger partial charge in [-0.15, -0.1) is 0 Å². The average Bonchev–Trinajstić information content (AvgIpc) is 2.92. The number of para-hydroxylation sites is 1. The number of aromatic nitrogens is 2. The molecule has 5 nitrogen and oxygen atoms in total. The second kappa shape index (κ2) is 8.24. The molecular weight excluding hydrogens is 290 g/mol. The Morgan fingerprint density at radius 3 is 2.57 bits per heavy atom. The second-order valence-corrected chi connectivity index (χ2v) is 6.28. The van der Waals surface area contributed by atoms with Crippen molar-refractivity contribution >= 4 is 0 Å². The molecule has 1 aromatic carbocycles. The number of aliphatic hydroxyl groups is 1. The van der Waals surface area contributed by atoms with Crippen molar-refractivity contribution in [1.82, 2.24) is 14.7 Å². The van der Waals surface area contributed by atoms with Crippen LogP contribution in [0.4, 0.5) is 0 Å². The van der Waals surface area contributed by atoms with Crippen molar-refractivity contribution < 1.29 is 9.84 Å². The first kappa shape index (κ1) is 17.7. The fourth-order valence-electron chi connectivity index (χ4n) is 2.70. The first-order chi connectivity index (χ1) is 11.0. The Hall–Kier alpha value is -1.69. The van der Waals surface area contributed by atoms with Crippen molar-refractivity contribution in [1.29, 1.82) is 0 Å². The molecule has 0 fully saturated rings. The molecule has 0 amide bonds. The molecule has 1 heterocycles. The molecule has 0 saturated heterocycles. The molecule has 1 unspecified atom stereocenters. The maximum Gasteiger partial charge on any atom is 0.0900 e. The molecule has 1 N–H and O–H groups in total. The number of likely N-dealkylation sites (N-methyl/N-ethyl adjacent to an activating group) is 1. The van der Waals surface area contributed by atoms with Crippen LogP contribution in [0, 0.1) is 0 Å². The molecule has 5 heteroatoms. The van der Waals surface area contributed by atoms with Gasteiger partial charge in [0, 0.05) is 32.0 Å². The van der Waals surface area contributed by atoms with Crippen LogP contribution in [0.1, 0.15) is 31.0 Å². The smallest absolute Gasteiger partial charge is 0.0900 e. The Balaban J connectivity index is 2.16. The maximum atomic E-state index is 9.87. The lowest BCUT2D eigenvalue weighted by atomic mass is 10.1. The number of hydrogen-bond donors (Lipinski definition) is 1.